The molecule has 3 fully saturated rings. The molecule has 4 rings (SSSR count). The van der Waals surface area contributed by atoms with Gasteiger partial charge in [0.2, 0.25) is 0 Å². The van der Waals surface area contributed by atoms with Crippen LogP contribution < -0.4 is 10.8 Å². The quantitative estimate of drug-likeness (QED) is 0.364. The van der Waals surface area contributed by atoms with Crippen molar-refractivity contribution in [3.63, 3.8) is 0 Å². The highest BCUT2D eigenvalue weighted by atomic mass is 32.2. The van der Waals surface area contributed by atoms with Gasteiger partial charge in [0.25, 0.3) is 5.91 Å². The first-order valence-electron chi connectivity index (χ1n) is 9.36. The monoisotopic (exact) mass is 428 g/mol. The molecule has 2 N–H and O–H groups in total. The zero-order valence-corrected chi connectivity index (χ0v) is 16.3. The Kier molecular flexibility index (Phi) is 6.05. The third-order valence-electron chi connectivity index (χ3n) is 5.45. The Morgan fingerprint density at radius 1 is 1.45 bits per heavy atom. The molecule has 4 heterocycles. The van der Waals surface area contributed by atoms with E-state index < -0.39 is 29.3 Å². The van der Waals surface area contributed by atoms with E-state index in [1.54, 1.807) is 11.0 Å². The third-order valence-corrected chi connectivity index (χ3v) is 5.73. The van der Waals surface area contributed by atoms with Gasteiger partial charge in [-0.15, -0.1) is 0 Å². The molecule has 3 aliphatic heterocycles. The topological polar surface area (TPSA) is 154 Å². The molecule has 14 heteroatoms. The van der Waals surface area contributed by atoms with E-state index in [-0.39, 0.29) is 18.6 Å². The maximum atomic E-state index is 12.5. The number of piperidine rings is 1. The van der Waals surface area contributed by atoms with E-state index in [1.165, 1.54) is 11.2 Å². The Bertz CT molecular complexity index is 764. The van der Waals surface area contributed by atoms with Crippen molar-refractivity contribution >= 4 is 23.3 Å². The summed E-state index contributed by atoms with van der Waals surface area (Å²) in [4.78, 5) is 35.4. The van der Waals surface area contributed by atoms with Crippen molar-refractivity contribution in [2.45, 2.75) is 43.9 Å². The predicted molar refractivity (Wildman–Crippen MR) is 94.8 cm³/mol. The van der Waals surface area contributed by atoms with E-state index >= 15 is 0 Å². The number of fused-ring (bicyclic) bond motifs is 2. The lowest BCUT2D eigenvalue weighted by molar-refractivity contribution is -0.139. The maximum Gasteiger partial charge on any atom is 0.346 e. The minimum Gasteiger partial charge on any atom is -0.748 e. The fraction of sp³-hybridized carbons (Fsp3) is 0.733. The van der Waals surface area contributed by atoms with Crippen molar-refractivity contribution in [1.29, 1.82) is 0 Å². The van der Waals surface area contributed by atoms with Crippen LogP contribution in [-0.4, -0.2) is 83.2 Å². The maximum absolute atomic E-state index is 12.5. The minimum absolute atomic E-state index is 0.101. The van der Waals surface area contributed by atoms with Gasteiger partial charge in [-0.25, -0.2) is 19.5 Å². The number of aromatic nitrogens is 3. The van der Waals surface area contributed by atoms with Gasteiger partial charge in [0.15, 0.2) is 0 Å². The molecule has 0 spiro atoms. The highest BCUT2D eigenvalue weighted by molar-refractivity contribution is 7.74. The van der Waals surface area contributed by atoms with E-state index in [2.05, 4.69) is 25.2 Å². The number of urea groups is 1. The van der Waals surface area contributed by atoms with Crippen molar-refractivity contribution in [1.82, 2.24) is 35.5 Å². The van der Waals surface area contributed by atoms with Gasteiger partial charge in [0.1, 0.15) is 30.1 Å². The Morgan fingerprint density at radius 3 is 3.07 bits per heavy atom. The molecule has 1 aromatic heterocycles. The molecular formula is C15H22N7O6S-. The second-order valence-electron chi connectivity index (χ2n) is 7.39. The fourth-order valence-electron chi connectivity index (χ4n) is 4.11. The lowest BCUT2D eigenvalue weighted by Crippen LogP contribution is -2.50. The zero-order chi connectivity index (χ0) is 20.4. The van der Waals surface area contributed by atoms with Crippen LogP contribution in [0.1, 0.15) is 19.3 Å². The molecule has 13 nitrogen and oxygen atoms in total. The Balaban J connectivity index is 1.20. The first-order valence-corrected chi connectivity index (χ1v) is 10.4. The molecular weight excluding hydrogens is 406 g/mol. The van der Waals surface area contributed by atoms with E-state index in [1.807, 2.05) is 0 Å². The molecule has 160 valence electrons. The SMILES string of the molecule is O=C(NOC[C@@H]1C[C@@H](Cn2cncn2)CN1)C1CCC2CN1C(=O)N2OS(=O)[O-]. The number of hydroxylamine groups is 3. The van der Waals surface area contributed by atoms with Crippen LogP contribution in [0.5, 0.6) is 0 Å². The number of carbonyl (C=O) groups excluding carboxylic acids is 2. The second kappa shape index (κ2) is 8.71. The molecule has 3 aliphatic rings. The second-order valence-corrected chi connectivity index (χ2v) is 7.95. The molecule has 1 aromatic rings. The molecule has 3 amide bonds. The summed E-state index contributed by atoms with van der Waals surface area (Å²) in [5.74, 6) is -0.0323. The number of nitrogens with one attached hydrogen (secondary N) is 2. The summed E-state index contributed by atoms with van der Waals surface area (Å²) in [6.45, 7) is 2.13. The van der Waals surface area contributed by atoms with Crippen molar-refractivity contribution < 1.29 is 27.5 Å². The van der Waals surface area contributed by atoms with Crippen LogP contribution >= 0.6 is 0 Å². The smallest absolute Gasteiger partial charge is 0.346 e. The molecule has 5 atom stereocenters. The van der Waals surface area contributed by atoms with Crippen molar-refractivity contribution in [2.24, 2.45) is 5.92 Å². The standard InChI is InChI=1S/C15H23N7O6S/c23-14(13-2-1-12-6-21(13)15(24)22(12)28-29(25)26)19-27-7-11-3-10(4-17-11)5-20-9-16-8-18-20/h8-13,17H,1-7H2,(H,19,23)(H,25,26)/p-1/t10-,11+,12?,13?/m1/s1. The van der Waals surface area contributed by atoms with Crippen molar-refractivity contribution in [2.75, 3.05) is 19.7 Å². The summed E-state index contributed by atoms with van der Waals surface area (Å²) in [5, 5.41) is 8.26. The fourth-order valence-corrected chi connectivity index (χ4v) is 4.43. The first-order chi connectivity index (χ1) is 14.0. The molecule has 0 aromatic carbocycles. The van der Waals surface area contributed by atoms with Crippen LogP contribution in [0.15, 0.2) is 12.7 Å². The summed E-state index contributed by atoms with van der Waals surface area (Å²) in [5.41, 5.74) is 2.42. The Hall–Kier alpha value is -2.13. The third kappa shape index (κ3) is 4.56. The lowest BCUT2D eigenvalue weighted by atomic mass is 10.0. The number of nitrogens with zero attached hydrogens (tertiary/aromatic N) is 5. The molecule has 0 radical (unpaired) electrons. The van der Waals surface area contributed by atoms with Crippen LogP contribution in [0.25, 0.3) is 0 Å². The number of amides is 3. The first kappa shape index (κ1) is 20.2. The zero-order valence-electron chi connectivity index (χ0n) is 15.5. The summed E-state index contributed by atoms with van der Waals surface area (Å²) in [6.07, 6.45) is 4.93. The van der Waals surface area contributed by atoms with Crippen LogP contribution in [0, 0.1) is 5.92 Å². The number of rotatable bonds is 8. The van der Waals surface area contributed by atoms with E-state index in [9.17, 15) is 18.4 Å². The van der Waals surface area contributed by atoms with Crippen molar-refractivity contribution in [3.05, 3.63) is 12.7 Å². The average molecular weight is 428 g/mol. The van der Waals surface area contributed by atoms with Gasteiger partial charge in [0.05, 0.1) is 12.6 Å². The molecule has 0 saturated carbocycles. The van der Waals surface area contributed by atoms with Crippen LogP contribution in [-0.2, 0) is 31.8 Å². The van der Waals surface area contributed by atoms with E-state index in [0.717, 1.165) is 24.6 Å². The molecule has 2 bridgehead atoms. The number of hydrogen-bond acceptors (Lipinski definition) is 9. The van der Waals surface area contributed by atoms with Gasteiger partial charge in [0, 0.05) is 25.7 Å². The summed E-state index contributed by atoms with van der Waals surface area (Å²) >= 11 is -2.84. The Labute approximate surface area is 169 Å². The van der Waals surface area contributed by atoms with Gasteiger partial charge in [-0.1, -0.05) is 0 Å². The van der Waals surface area contributed by atoms with Crippen LogP contribution in [0.4, 0.5) is 4.79 Å². The highest BCUT2D eigenvalue weighted by Crippen LogP contribution is 2.30. The largest absolute Gasteiger partial charge is 0.748 e. The lowest BCUT2D eigenvalue weighted by Gasteiger charge is -2.29. The van der Waals surface area contributed by atoms with E-state index in [0.29, 0.717) is 25.4 Å². The minimum atomic E-state index is -2.84. The van der Waals surface area contributed by atoms with Gasteiger partial charge >= 0.3 is 6.03 Å². The van der Waals surface area contributed by atoms with Gasteiger partial charge in [-0.3, -0.25) is 14.3 Å². The number of carbonyl (C=O) groups is 2. The van der Waals surface area contributed by atoms with Gasteiger partial charge < -0.3 is 14.8 Å². The van der Waals surface area contributed by atoms with Crippen LogP contribution in [0.3, 0.4) is 0 Å². The number of hydrogen-bond donors (Lipinski definition) is 2. The molecule has 29 heavy (non-hydrogen) atoms. The van der Waals surface area contributed by atoms with E-state index in [4.69, 9.17) is 4.84 Å². The normalized spacial score (nSPS) is 30.0. The van der Waals surface area contributed by atoms with Gasteiger partial charge in [-0.2, -0.15) is 14.4 Å². The molecule has 0 aliphatic carbocycles. The summed E-state index contributed by atoms with van der Waals surface area (Å²) in [7, 11) is 0. The summed E-state index contributed by atoms with van der Waals surface area (Å²) in [6, 6.07) is -1.63. The Morgan fingerprint density at radius 2 is 2.31 bits per heavy atom. The molecule has 3 saturated heterocycles. The highest BCUT2D eigenvalue weighted by Gasteiger charge is 2.48. The summed E-state index contributed by atoms with van der Waals surface area (Å²) < 4.78 is 27.8. The van der Waals surface area contributed by atoms with Crippen molar-refractivity contribution in [3.8, 4) is 0 Å². The average Bonchev–Trinajstić information content (AvgIpc) is 3.41. The van der Waals surface area contributed by atoms with Gasteiger partial charge in [-0.05, 0) is 25.2 Å². The van der Waals surface area contributed by atoms with Crippen LogP contribution in [0.2, 0.25) is 0 Å². The predicted octanol–water partition coefficient (Wildman–Crippen LogP) is -1.70. The molecule has 3 unspecified atom stereocenters.